The fourth-order valence-electron chi connectivity index (χ4n) is 1.20. The summed E-state index contributed by atoms with van der Waals surface area (Å²) >= 11 is 5.80. The zero-order valence-electron chi connectivity index (χ0n) is 9.84. The van der Waals surface area contributed by atoms with Gasteiger partial charge in [0, 0.05) is 17.8 Å². The number of anilines is 1. The number of carbonyl (C=O) groups excluding carboxylic acids is 2. The second kappa shape index (κ2) is 6.55. The molecule has 0 fully saturated rings. The van der Waals surface area contributed by atoms with Crippen molar-refractivity contribution in [2.24, 2.45) is 0 Å². The molecule has 0 saturated heterocycles. The van der Waals surface area contributed by atoms with E-state index in [1.165, 1.54) is 25.3 Å². The highest BCUT2D eigenvalue weighted by Gasteiger charge is 2.11. The highest BCUT2D eigenvalue weighted by atomic mass is 35.5. The minimum atomic E-state index is -1.23. The molecule has 19 heavy (non-hydrogen) atoms. The number of halogens is 1. The minimum absolute atomic E-state index is 0.101. The molecule has 2 N–H and O–H groups in total. The first kappa shape index (κ1) is 14.7. The topological polar surface area (TPSA) is 92.7 Å². The molecule has 100 valence electrons. The predicted octanol–water partition coefficient (Wildman–Crippen LogP) is 1.71. The normalized spacial score (nSPS) is 10.2. The van der Waals surface area contributed by atoms with Gasteiger partial charge in [-0.1, -0.05) is 11.6 Å². The maximum absolute atomic E-state index is 11.4. The number of esters is 1. The second-order valence-electron chi connectivity index (χ2n) is 3.35. The molecule has 0 atom stereocenters. The molecule has 0 heterocycles. The number of hydrogen-bond acceptors (Lipinski definition) is 4. The van der Waals surface area contributed by atoms with Crippen LogP contribution in [0.1, 0.15) is 10.4 Å². The standard InChI is InChI=1S/C12H10ClNO5/c1-19-12(18)8-6-7(2-3-9(8)13)14-10(15)4-5-11(16)17/h2-6H,1H3,(H,14,15)(H,16,17)/b5-4-. The van der Waals surface area contributed by atoms with Crippen LogP contribution in [0.15, 0.2) is 30.4 Å². The monoisotopic (exact) mass is 283 g/mol. The molecule has 1 aromatic rings. The van der Waals surface area contributed by atoms with Crippen molar-refractivity contribution in [3.8, 4) is 0 Å². The Kier molecular flexibility index (Phi) is 5.08. The molecule has 1 rings (SSSR count). The molecule has 0 aliphatic heterocycles. The van der Waals surface area contributed by atoms with Crippen molar-refractivity contribution in [2.45, 2.75) is 0 Å². The van der Waals surface area contributed by atoms with Crippen LogP contribution in [-0.2, 0) is 14.3 Å². The largest absolute Gasteiger partial charge is 0.478 e. The number of methoxy groups -OCH3 is 1. The van der Waals surface area contributed by atoms with Crippen LogP contribution >= 0.6 is 11.6 Å². The van der Waals surface area contributed by atoms with Crippen molar-refractivity contribution >= 4 is 35.1 Å². The molecule has 0 bridgehead atoms. The van der Waals surface area contributed by atoms with Gasteiger partial charge in [-0.05, 0) is 18.2 Å². The van der Waals surface area contributed by atoms with Crippen LogP contribution < -0.4 is 5.32 Å². The van der Waals surface area contributed by atoms with E-state index >= 15 is 0 Å². The zero-order valence-corrected chi connectivity index (χ0v) is 10.6. The first-order valence-corrected chi connectivity index (χ1v) is 5.41. The fraction of sp³-hybridized carbons (Fsp3) is 0.0833. The number of aliphatic carboxylic acids is 1. The van der Waals surface area contributed by atoms with Gasteiger partial charge in [0.05, 0.1) is 17.7 Å². The van der Waals surface area contributed by atoms with E-state index in [0.717, 1.165) is 6.08 Å². The number of rotatable bonds is 4. The number of nitrogens with one attached hydrogen (secondary N) is 1. The number of hydrogen-bond donors (Lipinski definition) is 2. The summed E-state index contributed by atoms with van der Waals surface area (Å²) in [6, 6.07) is 4.23. The first-order chi connectivity index (χ1) is 8.93. The van der Waals surface area contributed by atoms with Crippen molar-refractivity contribution in [1.29, 1.82) is 0 Å². The van der Waals surface area contributed by atoms with E-state index in [2.05, 4.69) is 10.1 Å². The molecule has 0 aromatic heterocycles. The van der Waals surface area contributed by atoms with Gasteiger partial charge in [0.2, 0.25) is 5.91 Å². The molecular formula is C12H10ClNO5. The van der Waals surface area contributed by atoms with E-state index in [1.54, 1.807) is 0 Å². The summed E-state index contributed by atoms with van der Waals surface area (Å²) in [5.74, 6) is -2.51. The highest BCUT2D eigenvalue weighted by molar-refractivity contribution is 6.33. The van der Waals surface area contributed by atoms with Gasteiger partial charge in [0.25, 0.3) is 0 Å². The lowest BCUT2D eigenvalue weighted by atomic mass is 10.2. The first-order valence-electron chi connectivity index (χ1n) is 5.04. The molecule has 0 aliphatic rings. The molecule has 0 spiro atoms. The summed E-state index contributed by atoms with van der Waals surface area (Å²) < 4.78 is 4.53. The Bertz CT molecular complexity index is 553. The third kappa shape index (κ3) is 4.44. The quantitative estimate of drug-likeness (QED) is 0.648. The second-order valence-corrected chi connectivity index (χ2v) is 3.75. The average Bonchev–Trinajstić information content (AvgIpc) is 2.37. The number of carbonyl (C=O) groups is 3. The van der Waals surface area contributed by atoms with Crippen LogP contribution in [0.25, 0.3) is 0 Å². The molecule has 0 unspecified atom stereocenters. The summed E-state index contributed by atoms with van der Waals surface area (Å²) in [7, 11) is 1.21. The maximum Gasteiger partial charge on any atom is 0.339 e. The SMILES string of the molecule is COC(=O)c1cc(NC(=O)/C=C\C(=O)O)ccc1Cl. The van der Waals surface area contributed by atoms with Crippen LogP contribution in [0.2, 0.25) is 5.02 Å². The van der Waals surface area contributed by atoms with Crippen LogP contribution in [0, 0.1) is 0 Å². The Morgan fingerprint density at radius 1 is 1.32 bits per heavy atom. The molecule has 0 radical (unpaired) electrons. The Labute approximate surface area is 113 Å². The van der Waals surface area contributed by atoms with Gasteiger partial charge in [-0.3, -0.25) is 4.79 Å². The number of amides is 1. The van der Waals surface area contributed by atoms with Crippen molar-refractivity contribution in [3.05, 3.63) is 40.9 Å². The van der Waals surface area contributed by atoms with Gasteiger partial charge in [0.1, 0.15) is 0 Å². The highest BCUT2D eigenvalue weighted by Crippen LogP contribution is 2.21. The van der Waals surface area contributed by atoms with E-state index < -0.39 is 17.8 Å². The summed E-state index contributed by atoms with van der Waals surface area (Å²) in [6.45, 7) is 0. The number of carboxylic acid groups (broad SMARTS) is 1. The number of carboxylic acids is 1. The van der Waals surface area contributed by atoms with Gasteiger partial charge in [-0.2, -0.15) is 0 Å². The van der Waals surface area contributed by atoms with Gasteiger partial charge < -0.3 is 15.2 Å². The predicted molar refractivity (Wildman–Crippen MR) is 68.2 cm³/mol. The summed E-state index contributed by atoms with van der Waals surface area (Å²) in [5, 5.41) is 10.9. The van der Waals surface area contributed by atoms with Crippen molar-refractivity contribution in [1.82, 2.24) is 0 Å². The van der Waals surface area contributed by atoms with Gasteiger partial charge in [-0.25, -0.2) is 9.59 Å². The van der Waals surface area contributed by atoms with Crippen LogP contribution in [0.4, 0.5) is 5.69 Å². The van der Waals surface area contributed by atoms with Gasteiger partial charge >= 0.3 is 11.9 Å². The third-order valence-corrected chi connectivity index (χ3v) is 2.35. The van der Waals surface area contributed by atoms with Gasteiger partial charge in [0.15, 0.2) is 0 Å². The number of ether oxygens (including phenoxy) is 1. The number of benzene rings is 1. The summed E-state index contributed by atoms with van der Waals surface area (Å²) in [5.41, 5.74) is 0.397. The lowest BCUT2D eigenvalue weighted by molar-refractivity contribution is -0.131. The van der Waals surface area contributed by atoms with Crippen LogP contribution in [0.3, 0.4) is 0 Å². The van der Waals surface area contributed by atoms with E-state index in [4.69, 9.17) is 16.7 Å². The molecule has 6 nitrogen and oxygen atoms in total. The Balaban J connectivity index is 2.88. The lowest BCUT2D eigenvalue weighted by Crippen LogP contribution is -2.10. The molecule has 1 amide bonds. The molecular weight excluding hydrogens is 274 g/mol. The molecule has 1 aromatic carbocycles. The summed E-state index contributed by atoms with van der Waals surface area (Å²) in [6.07, 6.45) is 1.56. The fourth-order valence-corrected chi connectivity index (χ4v) is 1.40. The van der Waals surface area contributed by atoms with Crippen molar-refractivity contribution < 1.29 is 24.2 Å². The third-order valence-electron chi connectivity index (χ3n) is 2.02. The smallest absolute Gasteiger partial charge is 0.339 e. The van der Waals surface area contributed by atoms with E-state index in [1.807, 2.05) is 0 Å². The molecule has 0 saturated carbocycles. The Hall–Kier alpha value is -2.34. The van der Waals surface area contributed by atoms with E-state index in [9.17, 15) is 14.4 Å². The Morgan fingerprint density at radius 3 is 2.58 bits per heavy atom. The molecule has 0 aliphatic carbocycles. The van der Waals surface area contributed by atoms with Crippen LogP contribution in [-0.4, -0.2) is 30.1 Å². The lowest BCUT2D eigenvalue weighted by Gasteiger charge is -2.06. The average molecular weight is 284 g/mol. The van der Waals surface area contributed by atoms with E-state index in [-0.39, 0.29) is 10.6 Å². The van der Waals surface area contributed by atoms with Crippen LogP contribution in [0.5, 0.6) is 0 Å². The Morgan fingerprint density at radius 2 is 2.00 bits per heavy atom. The van der Waals surface area contributed by atoms with Gasteiger partial charge in [-0.15, -0.1) is 0 Å². The molecule has 7 heteroatoms. The maximum atomic E-state index is 11.4. The van der Waals surface area contributed by atoms with Crippen molar-refractivity contribution in [2.75, 3.05) is 12.4 Å². The zero-order chi connectivity index (χ0) is 14.4. The van der Waals surface area contributed by atoms with Crippen molar-refractivity contribution in [3.63, 3.8) is 0 Å². The minimum Gasteiger partial charge on any atom is -0.478 e. The summed E-state index contributed by atoms with van der Waals surface area (Å²) in [4.78, 5) is 33.0. The van der Waals surface area contributed by atoms with E-state index in [0.29, 0.717) is 11.8 Å².